The molecule has 5 nitrogen and oxygen atoms in total. The zero-order valence-electron chi connectivity index (χ0n) is 16.2. The number of carbonyl (C=O) groups is 1. The average molecular weight is 442 g/mol. The molecule has 4 aromatic rings. The van der Waals surface area contributed by atoms with Crippen LogP contribution in [0.3, 0.4) is 0 Å². The highest BCUT2D eigenvalue weighted by atomic mass is 32.1. The summed E-state index contributed by atoms with van der Waals surface area (Å²) in [6.45, 7) is 2.01. The number of nitrogen functional groups attached to an aromatic ring is 1. The lowest BCUT2D eigenvalue weighted by Crippen LogP contribution is -2.19. The van der Waals surface area contributed by atoms with Crippen LogP contribution < -0.4 is 16.4 Å². The van der Waals surface area contributed by atoms with Crippen molar-refractivity contribution in [3.05, 3.63) is 71.2 Å². The number of nitrogens with two attached hydrogens (primary N) is 1. The Hall–Kier alpha value is -3.59. The van der Waals surface area contributed by atoms with E-state index in [-0.39, 0.29) is 5.69 Å². The summed E-state index contributed by atoms with van der Waals surface area (Å²) in [5, 5.41) is 5.93. The molecule has 0 saturated carbocycles. The molecule has 2 aromatic carbocycles. The standard InChI is InChI=1S/C22H17F3N4OS/c1-12-18(19-17(31-12)9-10-27-20(19)26)13-5-7-15(8-6-13)28-21(30)29-16-4-2-3-14(11-16)22(23,24)25/h2-11H,1H3,(H2,26,27)(H2,28,29,30). The fraction of sp³-hybridized carbons (Fsp3) is 0.0909. The van der Waals surface area contributed by atoms with Crippen molar-refractivity contribution in [3.63, 3.8) is 0 Å². The molecule has 4 rings (SSSR count). The van der Waals surface area contributed by atoms with E-state index in [2.05, 4.69) is 15.6 Å². The first-order chi connectivity index (χ1) is 14.7. The van der Waals surface area contributed by atoms with Gasteiger partial charge in [0.1, 0.15) is 5.82 Å². The topological polar surface area (TPSA) is 80.0 Å². The number of fused-ring (bicyclic) bond motifs is 1. The lowest BCUT2D eigenvalue weighted by Gasteiger charge is -2.11. The van der Waals surface area contributed by atoms with Gasteiger partial charge < -0.3 is 16.4 Å². The number of halogens is 3. The molecule has 4 N–H and O–H groups in total. The van der Waals surface area contributed by atoms with Gasteiger partial charge in [0, 0.05) is 38.1 Å². The summed E-state index contributed by atoms with van der Waals surface area (Å²) in [5.74, 6) is 0.458. The molecule has 0 aliphatic heterocycles. The normalized spacial score (nSPS) is 11.5. The number of hydrogen-bond acceptors (Lipinski definition) is 4. The number of nitrogens with zero attached hydrogens (tertiary/aromatic N) is 1. The van der Waals surface area contributed by atoms with Gasteiger partial charge in [0.15, 0.2) is 0 Å². The summed E-state index contributed by atoms with van der Waals surface area (Å²) >= 11 is 1.63. The van der Waals surface area contributed by atoms with Crippen molar-refractivity contribution in [2.24, 2.45) is 0 Å². The summed E-state index contributed by atoms with van der Waals surface area (Å²) < 4.78 is 39.5. The predicted molar refractivity (Wildman–Crippen MR) is 118 cm³/mol. The maximum atomic E-state index is 12.8. The number of pyridine rings is 1. The van der Waals surface area contributed by atoms with Crippen LogP contribution in [0.2, 0.25) is 0 Å². The number of carbonyl (C=O) groups excluding carboxylic acids is 1. The van der Waals surface area contributed by atoms with Gasteiger partial charge in [0.2, 0.25) is 0 Å². The minimum absolute atomic E-state index is 0.0484. The number of nitrogens with one attached hydrogen (secondary N) is 2. The molecule has 2 amide bonds. The van der Waals surface area contributed by atoms with Crippen LogP contribution in [-0.2, 0) is 6.18 Å². The lowest BCUT2D eigenvalue weighted by molar-refractivity contribution is -0.137. The zero-order valence-corrected chi connectivity index (χ0v) is 17.1. The van der Waals surface area contributed by atoms with Gasteiger partial charge in [-0.05, 0) is 48.9 Å². The third-order valence-electron chi connectivity index (χ3n) is 4.69. The summed E-state index contributed by atoms with van der Waals surface area (Å²) in [7, 11) is 0. The van der Waals surface area contributed by atoms with Crippen LogP contribution in [-0.4, -0.2) is 11.0 Å². The molecule has 2 aromatic heterocycles. The van der Waals surface area contributed by atoms with E-state index in [1.54, 1.807) is 29.7 Å². The molecule has 0 saturated heterocycles. The molecular weight excluding hydrogens is 425 g/mol. The molecular formula is C22H17F3N4OS. The highest BCUT2D eigenvalue weighted by Crippen LogP contribution is 2.40. The number of rotatable bonds is 3. The predicted octanol–water partition coefficient (Wildman–Crippen LogP) is 6.52. The van der Waals surface area contributed by atoms with E-state index < -0.39 is 17.8 Å². The van der Waals surface area contributed by atoms with Crippen LogP contribution in [0, 0.1) is 6.92 Å². The number of anilines is 3. The second kappa shape index (κ2) is 7.92. The summed E-state index contributed by atoms with van der Waals surface area (Å²) in [5.41, 5.74) is 7.70. The van der Waals surface area contributed by atoms with Crippen LogP contribution in [0.5, 0.6) is 0 Å². The van der Waals surface area contributed by atoms with E-state index in [0.29, 0.717) is 11.5 Å². The molecule has 0 atom stereocenters. The van der Waals surface area contributed by atoms with Gasteiger partial charge in [0.05, 0.1) is 5.56 Å². The molecule has 0 radical (unpaired) electrons. The molecule has 0 fully saturated rings. The van der Waals surface area contributed by atoms with Gasteiger partial charge in [-0.2, -0.15) is 13.2 Å². The fourth-order valence-corrected chi connectivity index (χ4v) is 4.41. The number of urea groups is 1. The summed E-state index contributed by atoms with van der Waals surface area (Å²) in [4.78, 5) is 17.5. The van der Waals surface area contributed by atoms with Gasteiger partial charge in [-0.15, -0.1) is 11.3 Å². The van der Waals surface area contributed by atoms with Gasteiger partial charge >= 0.3 is 12.2 Å². The molecule has 0 aliphatic carbocycles. The van der Waals surface area contributed by atoms with Crippen molar-refractivity contribution >= 4 is 44.6 Å². The zero-order chi connectivity index (χ0) is 22.2. The number of thiophene rings is 1. The van der Waals surface area contributed by atoms with E-state index in [9.17, 15) is 18.0 Å². The number of aryl methyl sites for hydroxylation is 1. The van der Waals surface area contributed by atoms with E-state index in [4.69, 9.17) is 5.73 Å². The third kappa shape index (κ3) is 4.31. The van der Waals surface area contributed by atoms with Crippen molar-refractivity contribution in [2.45, 2.75) is 13.1 Å². The molecule has 0 spiro atoms. The summed E-state index contributed by atoms with van der Waals surface area (Å²) in [6, 6.07) is 12.9. The van der Waals surface area contributed by atoms with Crippen molar-refractivity contribution < 1.29 is 18.0 Å². The van der Waals surface area contributed by atoms with E-state index in [1.807, 2.05) is 25.1 Å². The Morgan fingerprint density at radius 2 is 1.74 bits per heavy atom. The van der Waals surface area contributed by atoms with Crippen LogP contribution in [0.15, 0.2) is 60.8 Å². The maximum absolute atomic E-state index is 12.8. The molecule has 0 aliphatic rings. The first-order valence-electron chi connectivity index (χ1n) is 9.21. The lowest BCUT2D eigenvalue weighted by atomic mass is 10.0. The Balaban J connectivity index is 1.51. The van der Waals surface area contributed by atoms with Gasteiger partial charge in [-0.3, -0.25) is 0 Å². The third-order valence-corrected chi connectivity index (χ3v) is 5.76. The number of aromatic nitrogens is 1. The highest BCUT2D eigenvalue weighted by molar-refractivity contribution is 7.19. The van der Waals surface area contributed by atoms with Crippen molar-refractivity contribution in [2.75, 3.05) is 16.4 Å². The summed E-state index contributed by atoms with van der Waals surface area (Å²) in [6.07, 6.45) is -2.81. The van der Waals surface area contributed by atoms with Crippen LogP contribution >= 0.6 is 11.3 Å². The van der Waals surface area contributed by atoms with Gasteiger partial charge in [-0.25, -0.2) is 9.78 Å². The molecule has 2 heterocycles. The van der Waals surface area contributed by atoms with Crippen molar-refractivity contribution in [3.8, 4) is 11.1 Å². The number of benzene rings is 2. The highest BCUT2D eigenvalue weighted by Gasteiger charge is 2.30. The minimum atomic E-state index is -4.48. The Kier molecular flexibility index (Phi) is 5.28. The molecule has 158 valence electrons. The van der Waals surface area contributed by atoms with E-state index >= 15 is 0 Å². The first-order valence-corrected chi connectivity index (χ1v) is 10.0. The Bertz CT molecular complexity index is 1270. The number of amides is 2. The molecule has 31 heavy (non-hydrogen) atoms. The van der Waals surface area contributed by atoms with Crippen molar-refractivity contribution in [1.82, 2.24) is 4.98 Å². The monoisotopic (exact) mass is 442 g/mol. The number of hydrogen-bond donors (Lipinski definition) is 3. The maximum Gasteiger partial charge on any atom is 0.416 e. The Labute approximate surface area is 179 Å². The van der Waals surface area contributed by atoms with E-state index in [1.165, 1.54) is 12.1 Å². The first kappa shape index (κ1) is 20.7. The Morgan fingerprint density at radius 3 is 2.45 bits per heavy atom. The largest absolute Gasteiger partial charge is 0.416 e. The van der Waals surface area contributed by atoms with Crippen LogP contribution in [0.1, 0.15) is 10.4 Å². The molecule has 0 unspecified atom stereocenters. The van der Waals surface area contributed by atoms with Gasteiger partial charge in [-0.1, -0.05) is 18.2 Å². The van der Waals surface area contributed by atoms with Crippen molar-refractivity contribution in [1.29, 1.82) is 0 Å². The smallest absolute Gasteiger partial charge is 0.383 e. The SMILES string of the molecule is Cc1sc2ccnc(N)c2c1-c1ccc(NC(=O)Nc2cccc(C(F)(F)F)c2)cc1. The second-order valence-corrected chi connectivity index (χ2v) is 8.09. The quantitative estimate of drug-likeness (QED) is 0.338. The molecule has 9 heteroatoms. The van der Waals surface area contributed by atoms with Gasteiger partial charge in [0.25, 0.3) is 0 Å². The minimum Gasteiger partial charge on any atom is -0.383 e. The Morgan fingerprint density at radius 1 is 1.03 bits per heavy atom. The second-order valence-electron chi connectivity index (χ2n) is 6.84. The number of alkyl halides is 3. The van der Waals surface area contributed by atoms with Crippen LogP contribution in [0.4, 0.5) is 35.2 Å². The molecule has 0 bridgehead atoms. The van der Waals surface area contributed by atoms with Crippen LogP contribution in [0.25, 0.3) is 21.2 Å². The fourth-order valence-electron chi connectivity index (χ4n) is 3.32. The average Bonchev–Trinajstić information content (AvgIpc) is 3.05. The van der Waals surface area contributed by atoms with E-state index in [0.717, 1.165) is 38.2 Å².